The average molecular weight is 465 g/mol. The van der Waals surface area contributed by atoms with Gasteiger partial charge in [-0.05, 0) is 88.5 Å². The Hall–Kier alpha value is -0.520. The van der Waals surface area contributed by atoms with E-state index in [1.54, 1.807) is 6.92 Å². The minimum absolute atomic E-state index is 0.0673. The van der Waals surface area contributed by atoms with Gasteiger partial charge < -0.3 is 9.47 Å². The van der Waals surface area contributed by atoms with E-state index in [-0.39, 0.29) is 33.3 Å². The fourth-order valence-electron chi connectivity index (χ4n) is 8.33. The molecule has 0 spiro atoms. The van der Waals surface area contributed by atoms with Gasteiger partial charge in [-0.2, -0.15) is 0 Å². The zero-order valence-corrected chi connectivity index (χ0v) is 19.8. The summed E-state index contributed by atoms with van der Waals surface area (Å²) in [6.07, 6.45) is 7.77. The van der Waals surface area contributed by atoms with Crippen LogP contribution in [0.5, 0.6) is 0 Å². The molecule has 4 aliphatic carbocycles. The van der Waals surface area contributed by atoms with Gasteiger partial charge in [0.25, 0.3) is 0 Å². The van der Waals surface area contributed by atoms with E-state index < -0.39 is 11.4 Å². The van der Waals surface area contributed by atoms with E-state index in [1.165, 1.54) is 5.57 Å². The highest BCUT2D eigenvalue weighted by molar-refractivity contribution is 9.10. The van der Waals surface area contributed by atoms with E-state index in [9.17, 15) is 9.59 Å². The maximum atomic E-state index is 13.1. The second-order valence-corrected chi connectivity index (χ2v) is 12.3. The van der Waals surface area contributed by atoms with E-state index in [2.05, 4.69) is 29.8 Å². The van der Waals surface area contributed by atoms with E-state index >= 15 is 0 Å². The molecule has 1 saturated heterocycles. The fourth-order valence-corrected chi connectivity index (χ4v) is 9.14. The quantitative estimate of drug-likeness (QED) is 0.513. The molecule has 5 heteroatoms. The summed E-state index contributed by atoms with van der Waals surface area (Å²) in [5.41, 5.74) is 0.433. The first-order chi connectivity index (χ1) is 13.4. The van der Waals surface area contributed by atoms with Crippen LogP contribution in [0.15, 0.2) is 11.6 Å². The van der Waals surface area contributed by atoms with Gasteiger partial charge in [0, 0.05) is 5.41 Å². The molecule has 4 fully saturated rings. The molecule has 0 aromatic rings. The Morgan fingerprint density at radius 1 is 1.17 bits per heavy atom. The third-order valence-electron chi connectivity index (χ3n) is 9.48. The lowest BCUT2D eigenvalue weighted by atomic mass is 9.46. The highest BCUT2D eigenvalue weighted by atomic mass is 79.9. The Labute approximate surface area is 182 Å². The first kappa shape index (κ1) is 20.4. The molecule has 0 amide bonds. The van der Waals surface area contributed by atoms with Gasteiger partial charge in [0.05, 0.1) is 10.9 Å². The van der Waals surface area contributed by atoms with Crippen molar-refractivity contribution in [3.05, 3.63) is 11.6 Å². The van der Waals surface area contributed by atoms with Crippen molar-refractivity contribution < 1.29 is 19.1 Å². The first-order valence-electron chi connectivity index (χ1n) is 11.2. The van der Waals surface area contributed by atoms with Crippen molar-refractivity contribution in [3.63, 3.8) is 0 Å². The van der Waals surface area contributed by atoms with Crippen LogP contribution in [-0.2, 0) is 19.1 Å². The van der Waals surface area contributed by atoms with Crippen molar-refractivity contribution in [3.8, 4) is 0 Å². The number of ketones is 2. The average Bonchev–Trinajstić information content (AvgIpc) is 3.03. The van der Waals surface area contributed by atoms with Crippen LogP contribution in [0.2, 0.25) is 0 Å². The summed E-state index contributed by atoms with van der Waals surface area (Å²) in [6, 6.07) is 0. The standard InChI is InChI=1S/C24H33BrO4/c1-13(26)24-20(28-21(2,3)29-24)11-17-15-7-6-14-10-19(27)18(25)12-22(14,4)16(15)8-9-23(17,24)5/h10,15-18,20H,6-9,11-12H2,1-5H3/t15-,16+,17+,18-,20-,22+,23+,24-/m1/s1. The van der Waals surface area contributed by atoms with Gasteiger partial charge in [0.2, 0.25) is 0 Å². The van der Waals surface area contributed by atoms with Gasteiger partial charge in [-0.1, -0.05) is 35.4 Å². The molecule has 4 nitrogen and oxygen atoms in total. The molecule has 3 saturated carbocycles. The minimum atomic E-state index is -0.816. The molecule has 0 bridgehead atoms. The Kier molecular flexibility index (Phi) is 4.25. The number of ether oxygens (including phenoxy) is 2. The maximum Gasteiger partial charge on any atom is 0.169 e. The summed E-state index contributed by atoms with van der Waals surface area (Å²) in [5, 5.41) is 0. The van der Waals surface area contributed by atoms with Gasteiger partial charge in [0.1, 0.15) is 0 Å². The summed E-state index contributed by atoms with van der Waals surface area (Å²) in [4.78, 5) is 25.3. The molecule has 0 aromatic carbocycles. The third-order valence-corrected chi connectivity index (χ3v) is 10.3. The van der Waals surface area contributed by atoms with E-state index in [0.29, 0.717) is 17.8 Å². The summed E-state index contributed by atoms with van der Waals surface area (Å²) in [5.74, 6) is 1.19. The van der Waals surface area contributed by atoms with Crippen molar-refractivity contribution in [1.29, 1.82) is 0 Å². The minimum Gasteiger partial charge on any atom is -0.344 e. The van der Waals surface area contributed by atoms with Gasteiger partial charge in [-0.3, -0.25) is 9.59 Å². The van der Waals surface area contributed by atoms with Crippen LogP contribution in [0.4, 0.5) is 0 Å². The van der Waals surface area contributed by atoms with Crippen molar-refractivity contribution in [2.75, 3.05) is 0 Å². The topological polar surface area (TPSA) is 52.6 Å². The summed E-state index contributed by atoms with van der Waals surface area (Å²) < 4.78 is 12.8. The third kappa shape index (κ3) is 2.44. The molecule has 8 atom stereocenters. The molecular formula is C24H33BrO4. The number of hydrogen-bond acceptors (Lipinski definition) is 4. The first-order valence-corrected chi connectivity index (χ1v) is 12.1. The lowest BCUT2D eigenvalue weighted by molar-refractivity contribution is -0.214. The zero-order chi connectivity index (χ0) is 21.0. The van der Waals surface area contributed by atoms with Crippen molar-refractivity contribution in [2.24, 2.45) is 28.6 Å². The number of halogens is 1. The lowest BCUT2D eigenvalue weighted by Gasteiger charge is -2.59. The van der Waals surface area contributed by atoms with Crippen LogP contribution < -0.4 is 0 Å². The van der Waals surface area contributed by atoms with Gasteiger partial charge in [-0.25, -0.2) is 0 Å². The van der Waals surface area contributed by atoms with E-state index in [0.717, 1.165) is 38.5 Å². The normalized spacial score (nSPS) is 52.8. The van der Waals surface area contributed by atoms with Crippen molar-refractivity contribution in [2.45, 2.75) is 95.5 Å². The molecule has 5 aliphatic rings. The van der Waals surface area contributed by atoms with Crippen molar-refractivity contribution in [1.82, 2.24) is 0 Å². The number of allylic oxidation sites excluding steroid dienone is 1. The van der Waals surface area contributed by atoms with Gasteiger partial charge in [-0.15, -0.1) is 0 Å². The lowest BCUT2D eigenvalue weighted by Crippen LogP contribution is -2.60. The molecular weight excluding hydrogens is 432 g/mol. The number of alkyl halides is 1. The fraction of sp³-hybridized carbons (Fsp3) is 0.833. The molecule has 160 valence electrons. The SMILES string of the molecule is CC(=O)[C@@]12OC(C)(C)O[C@@H]1C[C@H]1[C@@H]3CCC4=CC(=O)[C@H](Br)C[C@]4(C)[C@H]3CC[C@@]12C. The molecule has 1 heterocycles. The number of hydrogen-bond donors (Lipinski definition) is 0. The molecule has 0 unspecified atom stereocenters. The second-order valence-electron chi connectivity index (χ2n) is 11.2. The van der Waals surface area contributed by atoms with Crippen LogP contribution in [0.1, 0.15) is 73.1 Å². The van der Waals surface area contributed by atoms with E-state index in [4.69, 9.17) is 9.47 Å². The Morgan fingerprint density at radius 3 is 2.59 bits per heavy atom. The summed E-state index contributed by atoms with van der Waals surface area (Å²) >= 11 is 3.64. The smallest absolute Gasteiger partial charge is 0.169 e. The van der Waals surface area contributed by atoms with Crippen LogP contribution >= 0.6 is 15.9 Å². The number of carbonyl (C=O) groups excluding carboxylic acids is 2. The predicted octanol–water partition coefficient (Wildman–Crippen LogP) is 4.98. The molecule has 0 N–H and O–H groups in total. The number of Topliss-reactive ketones (excluding diaryl/α,β-unsaturated/α-hetero) is 1. The molecule has 1 aliphatic heterocycles. The molecule has 0 aromatic heterocycles. The molecule has 29 heavy (non-hydrogen) atoms. The van der Waals surface area contributed by atoms with Crippen LogP contribution in [-0.4, -0.2) is 33.9 Å². The maximum absolute atomic E-state index is 13.1. The summed E-state index contributed by atoms with van der Waals surface area (Å²) in [6.45, 7) is 10.3. The molecule has 5 rings (SSSR count). The Morgan fingerprint density at radius 2 is 1.90 bits per heavy atom. The van der Waals surface area contributed by atoms with Crippen LogP contribution in [0.25, 0.3) is 0 Å². The highest BCUT2D eigenvalue weighted by Crippen LogP contribution is 2.70. The molecule has 0 radical (unpaired) electrons. The predicted molar refractivity (Wildman–Crippen MR) is 114 cm³/mol. The zero-order valence-electron chi connectivity index (χ0n) is 18.2. The van der Waals surface area contributed by atoms with Gasteiger partial charge >= 0.3 is 0 Å². The number of fused-ring (bicyclic) bond motifs is 7. The van der Waals surface area contributed by atoms with Crippen LogP contribution in [0.3, 0.4) is 0 Å². The van der Waals surface area contributed by atoms with Crippen molar-refractivity contribution >= 4 is 27.5 Å². The highest BCUT2D eigenvalue weighted by Gasteiger charge is 2.75. The van der Waals surface area contributed by atoms with Gasteiger partial charge in [0.15, 0.2) is 23.0 Å². The van der Waals surface area contributed by atoms with Crippen LogP contribution in [0, 0.1) is 28.6 Å². The number of rotatable bonds is 1. The Balaban J connectivity index is 1.54. The largest absolute Gasteiger partial charge is 0.344 e. The van der Waals surface area contributed by atoms with E-state index in [1.807, 2.05) is 19.9 Å². The monoisotopic (exact) mass is 464 g/mol. The summed E-state index contributed by atoms with van der Waals surface area (Å²) in [7, 11) is 0. The second kappa shape index (κ2) is 6.04. The Bertz CT molecular complexity index is 818. The number of carbonyl (C=O) groups is 2.